The van der Waals surface area contributed by atoms with Gasteiger partial charge in [0.15, 0.2) is 5.76 Å². The topological polar surface area (TPSA) is 53.4 Å². The van der Waals surface area contributed by atoms with E-state index in [9.17, 15) is 4.79 Å². The van der Waals surface area contributed by atoms with Crippen LogP contribution in [0.5, 0.6) is 11.5 Å². The third kappa shape index (κ3) is 2.31. The summed E-state index contributed by atoms with van der Waals surface area (Å²) in [6.07, 6.45) is 3.64. The Morgan fingerprint density at radius 2 is 2.24 bits per heavy atom. The zero-order valence-corrected chi connectivity index (χ0v) is 12.2. The second-order valence-corrected chi connectivity index (χ2v) is 4.83. The highest BCUT2D eigenvalue weighted by Gasteiger charge is 2.28. The number of aryl methyl sites for hydroxylation is 2. The Labute approximate surface area is 122 Å². The number of methoxy groups -OCH3 is 1. The van der Waals surface area contributed by atoms with Crippen molar-refractivity contribution in [2.75, 3.05) is 7.11 Å². The molecule has 108 valence electrons. The van der Waals surface area contributed by atoms with Gasteiger partial charge in [0.25, 0.3) is 0 Å². The fourth-order valence-corrected chi connectivity index (χ4v) is 2.27. The van der Waals surface area contributed by atoms with E-state index in [0.29, 0.717) is 22.8 Å². The Hall–Kier alpha value is -2.56. The summed E-state index contributed by atoms with van der Waals surface area (Å²) in [6, 6.07) is 5.19. The standard InChI is InChI=1S/C16H16N2O3/c1-4-18-9-11(10(2)17-18)7-15-16(19)13-6-5-12(20-3)8-14(13)21-15/h5-9H,4H2,1-3H3. The lowest BCUT2D eigenvalue weighted by molar-refractivity contribution is 0.101. The lowest BCUT2D eigenvalue weighted by atomic mass is 10.1. The minimum Gasteiger partial charge on any atom is -0.497 e. The van der Waals surface area contributed by atoms with Crippen LogP contribution in [0.3, 0.4) is 0 Å². The summed E-state index contributed by atoms with van der Waals surface area (Å²) in [5, 5.41) is 4.36. The number of rotatable bonds is 3. The molecule has 0 radical (unpaired) electrons. The van der Waals surface area contributed by atoms with E-state index in [4.69, 9.17) is 9.47 Å². The zero-order chi connectivity index (χ0) is 15.0. The molecular formula is C16H16N2O3. The lowest BCUT2D eigenvalue weighted by Crippen LogP contribution is -1.98. The summed E-state index contributed by atoms with van der Waals surface area (Å²) in [6.45, 7) is 4.72. The third-order valence-electron chi connectivity index (χ3n) is 3.47. The van der Waals surface area contributed by atoms with E-state index >= 15 is 0 Å². The highest BCUT2D eigenvalue weighted by molar-refractivity contribution is 6.14. The molecule has 0 fully saturated rings. The normalized spacial score (nSPS) is 15.2. The molecule has 0 spiro atoms. The number of nitrogens with zero attached hydrogens (tertiary/aromatic N) is 2. The van der Waals surface area contributed by atoms with E-state index < -0.39 is 0 Å². The van der Waals surface area contributed by atoms with Crippen LogP contribution in [-0.4, -0.2) is 22.7 Å². The maximum atomic E-state index is 12.3. The molecule has 0 saturated carbocycles. The summed E-state index contributed by atoms with van der Waals surface area (Å²) < 4.78 is 12.6. The van der Waals surface area contributed by atoms with Gasteiger partial charge in [-0.3, -0.25) is 9.48 Å². The number of hydrogen-bond acceptors (Lipinski definition) is 4. The number of benzene rings is 1. The average molecular weight is 284 g/mol. The average Bonchev–Trinajstić information content (AvgIpc) is 3.00. The number of carbonyl (C=O) groups excluding carboxylic acids is 1. The van der Waals surface area contributed by atoms with Crippen molar-refractivity contribution in [3.05, 3.63) is 47.0 Å². The second kappa shape index (κ2) is 5.09. The molecule has 0 atom stereocenters. The smallest absolute Gasteiger partial charge is 0.231 e. The van der Waals surface area contributed by atoms with Gasteiger partial charge in [0.05, 0.1) is 18.4 Å². The summed E-state index contributed by atoms with van der Waals surface area (Å²) in [5.41, 5.74) is 2.32. The first-order valence-corrected chi connectivity index (χ1v) is 6.78. The monoisotopic (exact) mass is 284 g/mol. The van der Waals surface area contributed by atoms with Crippen LogP contribution < -0.4 is 9.47 Å². The van der Waals surface area contributed by atoms with Crippen molar-refractivity contribution in [1.29, 1.82) is 0 Å². The van der Waals surface area contributed by atoms with Crippen LogP contribution >= 0.6 is 0 Å². The lowest BCUT2D eigenvalue weighted by Gasteiger charge is -2.01. The van der Waals surface area contributed by atoms with E-state index in [0.717, 1.165) is 17.8 Å². The largest absolute Gasteiger partial charge is 0.497 e. The molecule has 5 heteroatoms. The zero-order valence-electron chi connectivity index (χ0n) is 12.2. The minimum absolute atomic E-state index is 0.115. The number of aromatic nitrogens is 2. The van der Waals surface area contributed by atoms with Gasteiger partial charge in [0.2, 0.25) is 5.78 Å². The number of fused-ring (bicyclic) bond motifs is 1. The summed E-state index contributed by atoms with van der Waals surface area (Å²) >= 11 is 0. The predicted molar refractivity (Wildman–Crippen MR) is 78.6 cm³/mol. The van der Waals surface area contributed by atoms with Gasteiger partial charge in [-0.1, -0.05) is 0 Å². The molecule has 0 N–H and O–H groups in total. The molecule has 5 nitrogen and oxygen atoms in total. The Balaban J connectivity index is 1.96. The second-order valence-electron chi connectivity index (χ2n) is 4.83. The molecule has 3 rings (SSSR count). The molecule has 0 unspecified atom stereocenters. The third-order valence-corrected chi connectivity index (χ3v) is 3.47. The summed E-state index contributed by atoms with van der Waals surface area (Å²) in [7, 11) is 1.58. The van der Waals surface area contributed by atoms with E-state index in [1.807, 2.05) is 24.7 Å². The van der Waals surface area contributed by atoms with Crippen LogP contribution in [0.1, 0.15) is 28.5 Å². The molecule has 2 heterocycles. The molecule has 1 aromatic heterocycles. The minimum atomic E-state index is -0.115. The Morgan fingerprint density at radius 3 is 2.90 bits per heavy atom. The molecule has 0 amide bonds. The van der Waals surface area contributed by atoms with E-state index in [1.54, 1.807) is 31.4 Å². The van der Waals surface area contributed by atoms with Crippen molar-refractivity contribution in [3.63, 3.8) is 0 Å². The predicted octanol–water partition coefficient (Wildman–Crippen LogP) is 2.84. The molecule has 0 aliphatic carbocycles. The molecule has 1 aliphatic heterocycles. The van der Waals surface area contributed by atoms with Gasteiger partial charge in [-0.25, -0.2) is 0 Å². The Bertz CT molecular complexity index is 744. The first kappa shape index (κ1) is 13.4. The van der Waals surface area contributed by atoms with Crippen LogP contribution in [-0.2, 0) is 6.54 Å². The number of hydrogen-bond donors (Lipinski definition) is 0. The van der Waals surface area contributed by atoms with Crippen molar-refractivity contribution in [1.82, 2.24) is 9.78 Å². The summed E-state index contributed by atoms with van der Waals surface area (Å²) in [5.74, 6) is 1.40. The highest BCUT2D eigenvalue weighted by atomic mass is 16.5. The van der Waals surface area contributed by atoms with Gasteiger partial charge < -0.3 is 9.47 Å². The van der Waals surface area contributed by atoms with Gasteiger partial charge in [0, 0.05) is 24.4 Å². The van der Waals surface area contributed by atoms with E-state index in [2.05, 4.69) is 5.10 Å². The van der Waals surface area contributed by atoms with Crippen molar-refractivity contribution >= 4 is 11.9 Å². The SMILES string of the molecule is CCn1cc(C=C2Oc3cc(OC)ccc3C2=O)c(C)n1. The molecule has 1 aromatic carbocycles. The van der Waals surface area contributed by atoms with Crippen molar-refractivity contribution in [2.45, 2.75) is 20.4 Å². The van der Waals surface area contributed by atoms with Gasteiger partial charge in [-0.05, 0) is 32.1 Å². The number of ketones is 1. The molecule has 1 aliphatic rings. The highest BCUT2D eigenvalue weighted by Crippen LogP contribution is 2.34. The van der Waals surface area contributed by atoms with E-state index in [1.165, 1.54) is 0 Å². The molecule has 0 saturated heterocycles. The fourth-order valence-electron chi connectivity index (χ4n) is 2.27. The van der Waals surface area contributed by atoms with Gasteiger partial charge in [0.1, 0.15) is 11.5 Å². The molecule has 2 aromatic rings. The maximum absolute atomic E-state index is 12.3. The van der Waals surface area contributed by atoms with Gasteiger partial charge in [-0.15, -0.1) is 0 Å². The first-order chi connectivity index (χ1) is 10.1. The van der Waals surface area contributed by atoms with Crippen molar-refractivity contribution in [2.24, 2.45) is 0 Å². The van der Waals surface area contributed by atoms with Crippen LogP contribution in [0.4, 0.5) is 0 Å². The molecular weight excluding hydrogens is 268 g/mol. The fraction of sp³-hybridized carbons (Fsp3) is 0.250. The van der Waals surface area contributed by atoms with E-state index in [-0.39, 0.29) is 5.78 Å². The number of Topliss-reactive ketones (excluding diaryl/α,β-unsaturated/α-hetero) is 1. The number of ether oxygens (including phenoxy) is 2. The maximum Gasteiger partial charge on any atom is 0.231 e. The quantitative estimate of drug-likeness (QED) is 0.813. The van der Waals surface area contributed by atoms with Crippen LogP contribution in [0.25, 0.3) is 6.08 Å². The van der Waals surface area contributed by atoms with Gasteiger partial charge >= 0.3 is 0 Å². The number of allylic oxidation sites excluding steroid dienone is 1. The molecule has 0 bridgehead atoms. The van der Waals surface area contributed by atoms with Gasteiger partial charge in [-0.2, -0.15) is 5.10 Å². The van der Waals surface area contributed by atoms with Crippen LogP contribution in [0, 0.1) is 6.92 Å². The van der Waals surface area contributed by atoms with Crippen molar-refractivity contribution < 1.29 is 14.3 Å². The van der Waals surface area contributed by atoms with Crippen molar-refractivity contribution in [3.8, 4) is 11.5 Å². The van der Waals surface area contributed by atoms with Crippen LogP contribution in [0.15, 0.2) is 30.2 Å². The van der Waals surface area contributed by atoms with Crippen LogP contribution in [0.2, 0.25) is 0 Å². The summed E-state index contributed by atoms with van der Waals surface area (Å²) in [4.78, 5) is 12.3. The molecule has 21 heavy (non-hydrogen) atoms. The Morgan fingerprint density at radius 1 is 1.43 bits per heavy atom. The Kier molecular flexibility index (Phi) is 3.25. The first-order valence-electron chi connectivity index (χ1n) is 6.78. The number of carbonyl (C=O) groups is 1.